The predicted molar refractivity (Wildman–Crippen MR) is 108 cm³/mol. The molecule has 3 aromatic carbocycles. The Morgan fingerprint density at radius 2 is 1.69 bits per heavy atom. The fraction of sp³-hybridized carbons (Fsp3) is 0.0476. The molecule has 0 atom stereocenters. The first-order chi connectivity index (χ1) is 12.7. The Hall–Kier alpha value is -2.69. The van der Waals surface area contributed by atoms with Crippen molar-refractivity contribution in [2.75, 3.05) is 5.32 Å². The summed E-state index contributed by atoms with van der Waals surface area (Å²) in [5.41, 5.74) is 3.85. The lowest BCUT2D eigenvalue weighted by atomic mass is 10.0. The maximum atomic E-state index is 12.5. The first-order valence-corrected chi connectivity index (χ1v) is 9.37. The van der Waals surface area contributed by atoms with Crippen molar-refractivity contribution in [3.05, 3.63) is 94.5 Å². The fourth-order valence-electron chi connectivity index (χ4n) is 2.73. The molecule has 0 aliphatic heterocycles. The molecule has 0 unspecified atom stereocenters. The number of halogens is 1. The second-order valence-electron chi connectivity index (χ2n) is 5.94. The molecule has 0 radical (unpaired) electrons. The molecule has 1 N–H and O–H groups in total. The van der Waals surface area contributed by atoms with Crippen LogP contribution in [-0.2, 0) is 6.42 Å². The standard InChI is InChI=1S/C21H15ClN2OS/c22-17-10-11-18-19(13-17)26-21(23-18)24-20(25)16-8-6-15(7-9-16)12-14-4-2-1-3-5-14/h1-11,13H,12H2,(H,23,24,25). The summed E-state index contributed by atoms with van der Waals surface area (Å²) in [6, 6.07) is 23.4. The molecule has 1 aromatic heterocycles. The van der Waals surface area contributed by atoms with Crippen LogP contribution in [0.25, 0.3) is 10.2 Å². The molecule has 5 heteroatoms. The lowest BCUT2D eigenvalue weighted by molar-refractivity contribution is 0.102. The molecule has 1 amide bonds. The van der Waals surface area contributed by atoms with Gasteiger partial charge in [0.15, 0.2) is 5.13 Å². The average molecular weight is 379 g/mol. The minimum atomic E-state index is -0.165. The van der Waals surface area contributed by atoms with Crippen LogP contribution in [0.3, 0.4) is 0 Å². The predicted octanol–water partition coefficient (Wildman–Crippen LogP) is 5.79. The molecule has 0 fully saturated rings. The summed E-state index contributed by atoms with van der Waals surface area (Å²) in [7, 11) is 0. The van der Waals surface area contributed by atoms with Gasteiger partial charge in [0.1, 0.15) is 0 Å². The molecule has 0 aliphatic carbocycles. The third kappa shape index (κ3) is 3.77. The lowest BCUT2D eigenvalue weighted by Gasteiger charge is -2.04. The smallest absolute Gasteiger partial charge is 0.257 e. The zero-order chi connectivity index (χ0) is 17.9. The molecule has 1 heterocycles. The summed E-state index contributed by atoms with van der Waals surface area (Å²) in [5, 5.41) is 4.09. The highest BCUT2D eigenvalue weighted by molar-refractivity contribution is 7.22. The molecule has 4 aromatic rings. The van der Waals surface area contributed by atoms with E-state index >= 15 is 0 Å². The topological polar surface area (TPSA) is 42.0 Å². The van der Waals surface area contributed by atoms with Gasteiger partial charge in [0.05, 0.1) is 10.2 Å². The average Bonchev–Trinajstić information content (AvgIpc) is 3.04. The summed E-state index contributed by atoms with van der Waals surface area (Å²) >= 11 is 7.41. The molecule has 26 heavy (non-hydrogen) atoms. The van der Waals surface area contributed by atoms with E-state index in [1.165, 1.54) is 22.5 Å². The zero-order valence-electron chi connectivity index (χ0n) is 13.8. The van der Waals surface area contributed by atoms with Crippen LogP contribution < -0.4 is 5.32 Å². The van der Waals surface area contributed by atoms with Gasteiger partial charge >= 0.3 is 0 Å². The van der Waals surface area contributed by atoms with Crippen LogP contribution in [0.15, 0.2) is 72.8 Å². The van der Waals surface area contributed by atoms with Gasteiger partial charge < -0.3 is 0 Å². The van der Waals surface area contributed by atoms with Crippen LogP contribution in [0.5, 0.6) is 0 Å². The van der Waals surface area contributed by atoms with E-state index in [1.54, 1.807) is 6.07 Å². The summed E-state index contributed by atoms with van der Waals surface area (Å²) < 4.78 is 0.950. The van der Waals surface area contributed by atoms with Crippen molar-refractivity contribution in [3.63, 3.8) is 0 Å². The molecular formula is C21H15ClN2OS. The summed E-state index contributed by atoms with van der Waals surface area (Å²) in [6.07, 6.45) is 0.849. The second-order valence-corrected chi connectivity index (χ2v) is 7.41. The quantitative estimate of drug-likeness (QED) is 0.488. The molecule has 0 aliphatic rings. The number of fused-ring (bicyclic) bond motifs is 1. The molecule has 4 rings (SSSR count). The summed E-state index contributed by atoms with van der Waals surface area (Å²) in [6.45, 7) is 0. The van der Waals surface area contributed by atoms with E-state index in [0.717, 1.165) is 16.6 Å². The molecule has 0 saturated carbocycles. The second kappa shape index (κ2) is 7.28. The Labute approximate surface area is 160 Å². The van der Waals surface area contributed by atoms with Gasteiger partial charge in [-0.05, 0) is 47.9 Å². The third-order valence-electron chi connectivity index (χ3n) is 4.04. The van der Waals surface area contributed by atoms with Gasteiger partial charge in [-0.25, -0.2) is 4.98 Å². The molecule has 0 spiro atoms. The Bertz CT molecular complexity index is 1060. The maximum Gasteiger partial charge on any atom is 0.257 e. The van der Waals surface area contributed by atoms with E-state index in [-0.39, 0.29) is 5.91 Å². The van der Waals surface area contributed by atoms with Crippen LogP contribution in [0, 0.1) is 0 Å². The Balaban J connectivity index is 1.47. The molecular weight excluding hydrogens is 364 g/mol. The number of nitrogens with zero attached hydrogens (tertiary/aromatic N) is 1. The van der Waals surface area contributed by atoms with Gasteiger partial charge in [0.2, 0.25) is 0 Å². The summed E-state index contributed by atoms with van der Waals surface area (Å²) in [5.74, 6) is -0.165. The number of thiazole rings is 1. The highest BCUT2D eigenvalue weighted by Crippen LogP contribution is 2.28. The number of amides is 1. The number of anilines is 1. The van der Waals surface area contributed by atoms with Gasteiger partial charge in [0, 0.05) is 10.6 Å². The maximum absolute atomic E-state index is 12.5. The third-order valence-corrected chi connectivity index (χ3v) is 5.21. The van der Waals surface area contributed by atoms with Crippen LogP contribution in [0.2, 0.25) is 5.02 Å². The minimum absolute atomic E-state index is 0.165. The SMILES string of the molecule is O=C(Nc1nc2ccc(Cl)cc2s1)c1ccc(Cc2ccccc2)cc1. The first-order valence-electron chi connectivity index (χ1n) is 8.18. The minimum Gasteiger partial charge on any atom is -0.298 e. The molecule has 0 saturated heterocycles. The van der Waals surface area contributed by atoms with Crippen LogP contribution in [-0.4, -0.2) is 10.9 Å². The van der Waals surface area contributed by atoms with Crippen molar-refractivity contribution in [3.8, 4) is 0 Å². The zero-order valence-corrected chi connectivity index (χ0v) is 15.3. The monoisotopic (exact) mass is 378 g/mol. The molecule has 0 bridgehead atoms. The van der Waals surface area contributed by atoms with Crippen molar-refractivity contribution < 1.29 is 4.79 Å². The highest BCUT2D eigenvalue weighted by atomic mass is 35.5. The molecule has 3 nitrogen and oxygen atoms in total. The van der Waals surface area contributed by atoms with Crippen molar-refractivity contribution in [1.29, 1.82) is 0 Å². The van der Waals surface area contributed by atoms with E-state index in [4.69, 9.17) is 11.6 Å². The van der Waals surface area contributed by atoms with Crippen LogP contribution in [0.4, 0.5) is 5.13 Å². The van der Waals surface area contributed by atoms with Crippen LogP contribution in [0.1, 0.15) is 21.5 Å². The van der Waals surface area contributed by atoms with E-state index in [9.17, 15) is 4.79 Å². The summed E-state index contributed by atoms with van der Waals surface area (Å²) in [4.78, 5) is 16.9. The van der Waals surface area contributed by atoms with Crippen molar-refractivity contribution in [1.82, 2.24) is 4.98 Å². The first kappa shape index (κ1) is 16.8. The van der Waals surface area contributed by atoms with Gasteiger partial charge in [-0.15, -0.1) is 0 Å². The van der Waals surface area contributed by atoms with E-state index in [1.807, 2.05) is 54.6 Å². The number of aromatic nitrogens is 1. The van der Waals surface area contributed by atoms with Gasteiger partial charge in [0.25, 0.3) is 5.91 Å². The van der Waals surface area contributed by atoms with Crippen molar-refractivity contribution in [2.24, 2.45) is 0 Å². The number of benzene rings is 3. The Kier molecular flexibility index (Phi) is 4.69. The number of carbonyl (C=O) groups excluding carboxylic acids is 1. The number of rotatable bonds is 4. The number of carbonyl (C=O) groups is 1. The van der Waals surface area contributed by atoms with E-state index < -0.39 is 0 Å². The van der Waals surface area contributed by atoms with E-state index in [0.29, 0.717) is 15.7 Å². The lowest BCUT2D eigenvalue weighted by Crippen LogP contribution is -2.11. The van der Waals surface area contributed by atoms with Crippen molar-refractivity contribution in [2.45, 2.75) is 6.42 Å². The molecule has 128 valence electrons. The normalized spacial score (nSPS) is 10.8. The number of nitrogens with one attached hydrogen (secondary N) is 1. The van der Waals surface area contributed by atoms with E-state index in [2.05, 4.69) is 22.4 Å². The van der Waals surface area contributed by atoms with Crippen LogP contribution >= 0.6 is 22.9 Å². The number of hydrogen-bond acceptors (Lipinski definition) is 3. The Morgan fingerprint density at radius 1 is 0.962 bits per heavy atom. The van der Waals surface area contributed by atoms with Gasteiger partial charge in [-0.3, -0.25) is 10.1 Å². The largest absolute Gasteiger partial charge is 0.298 e. The Morgan fingerprint density at radius 3 is 2.46 bits per heavy atom. The van der Waals surface area contributed by atoms with Crippen molar-refractivity contribution >= 4 is 44.2 Å². The van der Waals surface area contributed by atoms with Gasteiger partial charge in [-0.1, -0.05) is 65.4 Å². The highest BCUT2D eigenvalue weighted by Gasteiger charge is 2.10. The van der Waals surface area contributed by atoms with Gasteiger partial charge in [-0.2, -0.15) is 0 Å². The fourth-order valence-corrected chi connectivity index (χ4v) is 3.86. The number of hydrogen-bond donors (Lipinski definition) is 1.